The molecule has 1 N–H and O–H groups in total. The first-order chi connectivity index (χ1) is 24.3. The minimum Gasteiger partial charge on any atom is -0.465 e. The largest absolute Gasteiger partial charge is 0.465 e. The number of sulfone groups is 2. The Morgan fingerprint density at radius 2 is 1.33 bits per heavy atom. The van der Waals surface area contributed by atoms with Gasteiger partial charge in [0.1, 0.15) is 14.0 Å². The molecule has 0 saturated carbocycles. The fourth-order valence-corrected chi connectivity index (χ4v) is 12.3. The Bertz CT molecular complexity index is 2110. The molecule has 1 fully saturated rings. The fourth-order valence-electron chi connectivity index (χ4n) is 4.94. The predicted octanol–water partition coefficient (Wildman–Crippen LogP) is 7.92. The molecule has 0 unspecified atom stereocenters. The molecule has 17 heteroatoms. The van der Waals surface area contributed by atoms with Crippen molar-refractivity contribution in [3.05, 3.63) is 87.0 Å². The molecular formula is C35H40BrN3O9S4. The molecule has 5 rings (SSSR count). The van der Waals surface area contributed by atoms with E-state index in [-0.39, 0.29) is 37.2 Å². The third-order valence-electron chi connectivity index (χ3n) is 7.46. The Hall–Kier alpha value is -3.77. The molecule has 52 heavy (non-hydrogen) atoms. The number of anilines is 1. The van der Waals surface area contributed by atoms with Crippen molar-refractivity contribution in [1.29, 1.82) is 0 Å². The number of hydrogen-bond donors (Lipinski definition) is 1. The van der Waals surface area contributed by atoms with Crippen LogP contribution in [0.4, 0.5) is 15.3 Å². The quantitative estimate of drug-likeness (QED) is 0.177. The second-order valence-electron chi connectivity index (χ2n) is 12.8. The predicted molar refractivity (Wildman–Crippen MR) is 204 cm³/mol. The SMILES string of the molecule is CN(Cc1cc(Br)c(S(=O)(=O)c2ccccc2)s1)C(=O)OC(C)(C)C.CN(Cc1cc(N2CCCCC2=O)c(S(=O)(=O)c2ccccc2)s1)C(=O)O. The zero-order valence-corrected chi connectivity index (χ0v) is 34.1. The monoisotopic (exact) mass is 853 g/mol. The van der Waals surface area contributed by atoms with Crippen LogP contribution in [0.25, 0.3) is 0 Å². The lowest BCUT2D eigenvalue weighted by atomic mass is 10.1. The van der Waals surface area contributed by atoms with Crippen LogP contribution in [0.1, 0.15) is 49.8 Å². The van der Waals surface area contributed by atoms with Crippen LogP contribution >= 0.6 is 38.6 Å². The van der Waals surface area contributed by atoms with Crippen molar-refractivity contribution in [1.82, 2.24) is 9.80 Å². The summed E-state index contributed by atoms with van der Waals surface area (Å²) in [5.41, 5.74) is -0.231. The lowest BCUT2D eigenvalue weighted by molar-refractivity contribution is -0.119. The van der Waals surface area contributed by atoms with Crippen molar-refractivity contribution in [3.8, 4) is 0 Å². The van der Waals surface area contributed by atoms with Gasteiger partial charge >= 0.3 is 12.2 Å². The second-order valence-corrected chi connectivity index (χ2v) is 20.3. The van der Waals surface area contributed by atoms with Gasteiger partial charge in [-0.3, -0.25) is 4.79 Å². The number of amides is 3. The van der Waals surface area contributed by atoms with E-state index in [4.69, 9.17) is 9.84 Å². The van der Waals surface area contributed by atoms with E-state index in [1.165, 1.54) is 29.0 Å². The molecule has 4 aromatic rings. The van der Waals surface area contributed by atoms with Gasteiger partial charge in [-0.05, 0) is 85.9 Å². The normalized spacial score (nSPS) is 13.6. The van der Waals surface area contributed by atoms with Crippen LogP contribution in [-0.2, 0) is 42.3 Å². The zero-order chi connectivity index (χ0) is 38.4. The van der Waals surface area contributed by atoms with Crippen LogP contribution in [0.2, 0.25) is 0 Å². The Labute approximate surface area is 320 Å². The van der Waals surface area contributed by atoms with Crippen molar-refractivity contribution in [3.63, 3.8) is 0 Å². The Morgan fingerprint density at radius 1 is 0.827 bits per heavy atom. The van der Waals surface area contributed by atoms with E-state index in [0.29, 0.717) is 28.0 Å². The van der Waals surface area contributed by atoms with Gasteiger partial charge in [-0.1, -0.05) is 36.4 Å². The number of piperidine rings is 1. The minimum atomic E-state index is -3.82. The molecule has 3 heterocycles. The molecule has 0 aliphatic carbocycles. The average Bonchev–Trinajstić information content (AvgIpc) is 3.69. The van der Waals surface area contributed by atoms with Crippen LogP contribution in [0, 0.1) is 0 Å². The number of benzene rings is 2. The van der Waals surface area contributed by atoms with E-state index in [1.807, 2.05) is 0 Å². The molecule has 0 spiro atoms. The molecule has 3 amide bonds. The van der Waals surface area contributed by atoms with Gasteiger partial charge in [0.25, 0.3) is 0 Å². The first-order valence-electron chi connectivity index (χ1n) is 16.0. The molecule has 0 bridgehead atoms. The third kappa shape index (κ3) is 10.2. The van der Waals surface area contributed by atoms with E-state index in [0.717, 1.165) is 45.3 Å². The van der Waals surface area contributed by atoms with Crippen molar-refractivity contribution >= 4 is 82.1 Å². The molecule has 12 nitrogen and oxygen atoms in total. The van der Waals surface area contributed by atoms with Gasteiger partial charge in [-0.15, -0.1) is 22.7 Å². The van der Waals surface area contributed by atoms with E-state index in [2.05, 4.69) is 15.9 Å². The van der Waals surface area contributed by atoms with E-state index in [9.17, 15) is 31.2 Å². The highest BCUT2D eigenvalue weighted by Crippen LogP contribution is 2.40. The summed E-state index contributed by atoms with van der Waals surface area (Å²) in [7, 11) is -4.38. The topological polar surface area (TPSA) is 159 Å². The van der Waals surface area contributed by atoms with Gasteiger partial charge in [0.15, 0.2) is 0 Å². The lowest BCUT2D eigenvalue weighted by Gasteiger charge is -2.26. The molecule has 1 saturated heterocycles. The maximum atomic E-state index is 13.2. The van der Waals surface area contributed by atoms with Crippen LogP contribution in [0.15, 0.2) is 95.5 Å². The third-order valence-corrected chi connectivity index (χ3v) is 15.4. The number of nitrogens with zero attached hydrogens (tertiary/aromatic N) is 3. The summed E-state index contributed by atoms with van der Waals surface area (Å²) in [6.07, 6.45) is 0.410. The van der Waals surface area contributed by atoms with Crippen LogP contribution < -0.4 is 4.90 Å². The van der Waals surface area contributed by atoms with E-state index in [1.54, 1.807) is 88.5 Å². The molecule has 1 aliphatic rings. The average molecular weight is 855 g/mol. The fraction of sp³-hybridized carbons (Fsp3) is 0.343. The Morgan fingerprint density at radius 3 is 1.85 bits per heavy atom. The van der Waals surface area contributed by atoms with Crippen LogP contribution in [0.5, 0.6) is 0 Å². The van der Waals surface area contributed by atoms with E-state index < -0.39 is 37.5 Å². The highest BCUT2D eigenvalue weighted by atomic mass is 79.9. The number of rotatable bonds is 9. The van der Waals surface area contributed by atoms with Gasteiger partial charge in [-0.25, -0.2) is 26.4 Å². The molecule has 2 aromatic carbocycles. The molecule has 280 valence electrons. The number of ether oxygens (including phenoxy) is 1. The lowest BCUT2D eigenvalue weighted by Crippen LogP contribution is -2.35. The van der Waals surface area contributed by atoms with Gasteiger partial charge in [0.05, 0.1) is 28.6 Å². The summed E-state index contributed by atoms with van der Waals surface area (Å²) < 4.78 is 58.0. The highest BCUT2D eigenvalue weighted by molar-refractivity contribution is 9.10. The molecule has 2 aromatic heterocycles. The van der Waals surface area contributed by atoms with Crippen molar-refractivity contribution in [2.45, 2.75) is 76.9 Å². The number of carbonyl (C=O) groups excluding carboxylic acids is 2. The summed E-state index contributed by atoms with van der Waals surface area (Å²) in [6, 6.07) is 19.7. The number of thiophene rings is 2. The Kier molecular flexibility index (Phi) is 13.3. The van der Waals surface area contributed by atoms with Gasteiger partial charge in [0, 0.05) is 41.3 Å². The van der Waals surface area contributed by atoms with Crippen molar-refractivity contribution in [2.75, 3.05) is 25.5 Å². The van der Waals surface area contributed by atoms with Gasteiger partial charge in [-0.2, -0.15) is 0 Å². The maximum absolute atomic E-state index is 13.2. The minimum absolute atomic E-state index is 0.0549. The molecule has 1 aliphatic heterocycles. The maximum Gasteiger partial charge on any atom is 0.410 e. The van der Waals surface area contributed by atoms with Gasteiger partial charge in [0.2, 0.25) is 25.6 Å². The molecule has 0 atom stereocenters. The van der Waals surface area contributed by atoms with E-state index >= 15 is 0 Å². The number of carbonyl (C=O) groups is 3. The number of carboxylic acid groups (broad SMARTS) is 1. The van der Waals surface area contributed by atoms with Crippen molar-refractivity contribution < 1.29 is 41.1 Å². The summed E-state index contributed by atoms with van der Waals surface area (Å²) >= 11 is 5.48. The summed E-state index contributed by atoms with van der Waals surface area (Å²) in [5.74, 6) is -0.110. The molecular weight excluding hydrogens is 815 g/mol. The summed E-state index contributed by atoms with van der Waals surface area (Å²) in [5, 5.41) is 9.10. The van der Waals surface area contributed by atoms with Crippen LogP contribution in [-0.4, -0.2) is 76.1 Å². The number of hydrogen-bond acceptors (Lipinski definition) is 10. The smallest absolute Gasteiger partial charge is 0.410 e. The van der Waals surface area contributed by atoms with Crippen LogP contribution in [0.3, 0.4) is 0 Å². The zero-order valence-electron chi connectivity index (χ0n) is 29.2. The first kappa shape index (κ1) is 41.0. The Balaban J connectivity index is 0.000000234. The number of halogens is 1. The summed E-state index contributed by atoms with van der Waals surface area (Å²) in [6.45, 7) is 6.17. The first-order valence-corrected chi connectivity index (χ1v) is 21.4. The standard InChI is InChI=1S/C18H20N2O5S2.C17H20BrNO4S2/c1-19(18(22)23)12-13-11-15(20-10-6-5-9-16(20)21)17(26-13)27(24,25)14-7-3-2-4-8-14;1-17(2,3)23-16(20)19(4)11-12-10-14(18)15(24-12)25(21,22)13-8-6-5-7-9-13/h2-4,7-8,11H,5-6,9-10,12H2,1H3,(H,22,23);5-10H,11H2,1-4H3. The molecule has 0 radical (unpaired) electrons. The summed E-state index contributed by atoms with van der Waals surface area (Å²) in [4.78, 5) is 41.3. The van der Waals surface area contributed by atoms with Gasteiger partial charge < -0.3 is 24.5 Å². The highest BCUT2D eigenvalue weighted by Gasteiger charge is 2.31. The second kappa shape index (κ2) is 16.9. The van der Waals surface area contributed by atoms with Crippen molar-refractivity contribution in [2.24, 2.45) is 0 Å².